The van der Waals surface area contributed by atoms with Crippen molar-refractivity contribution in [3.8, 4) is 0 Å². The minimum absolute atomic E-state index is 0.109. The fourth-order valence-corrected chi connectivity index (χ4v) is 11.5. The van der Waals surface area contributed by atoms with Gasteiger partial charge in [0.15, 0.2) is 6.29 Å². The van der Waals surface area contributed by atoms with Crippen LogP contribution in [0.5, 0.6) is 0 Å². The highest BCUT2D eigenvalue weighted by Gasteiger charge is 2.49. The van der Waals surface area contributed by atoms with E-state index in [4.69, 9.17) is 28.4 Å². The van der Waals surface area contributed by atoms with Crippen LogP contribution in [0.2, 0.25) is 0 Å². The third-order valence-electron chi connectivity index (χ3n) is 16.6. The minimum Gasteiger partial charge on any atom is -0.374 e. The molecule has 1 N–H and O–H groups in total. The predicted molar refractivity (Wildman–Crippen MR) is 341 cm³/mol. The van der Waals surface area contributed by atoms with Gasteiger partial charge in [-0.05, 0) is 35.1 Å². The van der Waals surface area contributed by atoms with E-state index in [1.807, 2.05) is 72.8 Å². The lowest BCUT2D eigenvalue weighted by molar-refractivity contribution is -0.329. The summed E-state index contributed by atoms with van der Waals surface area (Å²) in [5.41, 5.74) is 4.22. The van der Waals surface area contributed by atoms with E-state index in [-0.39, 0.29) is 25.2 Å². The summed E-state index contributed by atoms with van der Waals surface area (Å²) in [5, 5.41) is 3.46. The Morgan fingerprint density at radius 2 is 0.720 bits per heavy atom. The molecule has 0 radical (unpaired) electrons. The Kier molecular flexibility index (Phi) is 39.8. The molecule has 1 fully saturated rings. The molecule has 0 saturated carbocycles. The van der Waals surface area contributed by atoms with Crippen LogP contribution in [-0.4, -0.2) is 55.9 Å². The molecule has 0 bridgehead atoms. The summed E-state index contributed by atoms with van der Waals surface area (Å²) < 4.78 is 41.4. The van der Waals surface area contributed by atoms with Crippen LogP contribution in [0.25, 0.3) is 0 Å². The van der Waals surface area contributed by atoms with Crippen LogP contribution in [0.3, 0.4) is 0 Å². The van der Waals surface area contributed by atoms with Crippen molar-refractivity contribution in [1.82, 2.24) is 5.32 Å². The molecular weight excluding hydrogens is 1010 g/mol. The van der Waals surface area contributed by atoms with Gasteiger partial charge in [-0.2, -0.15) is 0 Å². The maximum Gasteiger partial charge on any atom is 0.220 e. The lowest BCUT2D eigenvalue weighted by Crippen LogP contribution is -2.62. The molecule has 1 saturated heterocycles. The van der Waals surface area contributed by atoms with Crippen LogP contribution in [-0.2, 0) is 59.6 Å². The SMILES string of the molecule is CCCCCCCCCCCCCCCCCCCCCCCC(=O)NC(CCCCCCCCCCCCCC)CO[C@H]1O[C@H](COCc2ccccc2)[C@H](OCc2ccccc2)[C@H](OCc2ccccc2)[C@H]1OCc1ccccc1. The third kappa shape index (κ3) is 32.4. The van der Waals surface area contributed by atoms with Crippen molar-refractivity contribution < 1.29 is 33.2 Å². The summed E-state index contributed by atoms with van der Waals surface area (Å²) in [7, 11) is 0. The summed E-state index contributed by atoms with van der Waals surface area (Å²) >= 11 is 0. The molecule has 5 rings (SSSR count). The monoisotopic (exact) mass is 1130 g/mol. The van der Waals surface area contributed by atoms with E-state index in [0.29, 0.717) is 32.8 Å². The minimum atomic E-state index is -0.831. The van der Waals surface area contributed by atoms with Crippen molar-refractivity contribution in [3.05, 3.63) is 144 Å². The second-order valence-electron chi connectivity index (χ2n) is 23.9. The average Bonchev–Trinajstić information content (AvgIpc) is 3.55. The number of ether oxygens (including phenoxy) is 6. The molecule has 0 spiro atoms. The molecule has 8 heteroatoms. The van der Waals surface area contributed by atoms with Gasteiger partial charge in [-0.1, -0.05) is 341 Å². The second kappa shape index (κ2) is 47.4. The maximum atomic E-state index is 13.9. The molecule has 1 heterocycles. The van der Waals surface area contributed by atoms with E-state index in [0.717, 1.165) is 54.4 Å². The molecule has 4 aromatic carbocycles. The van der Waals surface area contributed by atoms with Gasteiger partial charge in [-0.15, -0.1) is 0 Å². The van der Waals surface area contributed by atoms with Crippen molar-refractivity contribution in [2.75, 3.05) is 13.2 Å². The van der Waals surface area contributed by atoms with E-state index >= 15 is 0 Å². The van der Waals surface area contributed by atoms with Gasteiger partial charge in [0.25, 0.3) is 0 Å². The third-order valence-corrected chi connectivity index (χ3v) is 16.6. The number of carbonyl (C=O) groups is 1. The first-order chi connectivity index (χ1) is 40.6. The first kappa shape index (κ1) is 68.9. The number of nitrogens with one attached hydrogen (secondary N) is 1. The molecular formula is C74H115NO7. The number of rotatable bonds is 52. The molecule has 0 aliphatic carbocycles. The number of amides is 1. The second-order valence-corrected chi connectivity index (χ2v) is 23.9. The standard InChI is InChI=1S/C74H115NO7/c1-3-5-7-9-11-13-15-17-18-19-20-21-22-23-24-25-27-29-31-33-47-57-70(76)75-68(56-46-32-30-28-26-16-14-12-10-8-6-4-2)62-81-74-73(80-61-67-54-44-37-45-55-67)72(79-60-66-52-42-36-43-53-66)71(78-59-65-50-40-35-41-51-65)69(82-74)63-77-58-64-48-38-34-39-49-64/h34-45,48-55,68-69,71-74H,3-33,46-47,56-63H2,1-2H3,(H,75,76)/t68?,69-,71+,72+,73-,74+/m1/s1. The number of benzene rings is 4. The van der Waals surface area contributed by atoms with Gasteiger partial charge in [-0.25, -0.2) is 0 Å². The molecule has 82 heavy (non-hydrogen) atoms. The quantitative estimate of drug-likeness (QED) is 0.0441. The summed E-state index contributed by atoms with van der Waals surface area (Å²) in [6.45, 7) is 6.59. The highest BCUT2D eigenvalue weighted by Crippen LogP contribution is 2.32. The van der Waals surface area contributed by atoms with E-state index < -0.39 is 30.7 Å². The van der Waals surface area contributed by atoms with Crippen LogP contribution >= 0.6 is 0 Å². The van der Waals surface area contributed by atoms with Crippen molar-refractivity contribution in [1.29, 1.82) is 0 Å². The molecule has 1 aliphatic rings. The average molecular weight is 1130 g/mol. The normalized spacial score (nSPS) is 17.5. The molecule has 1 aliphatic heterocycles. The highest BCUT2D eigenvalue weighted by atomic mass is 16.7. The van der Waals surface area contributed by atoms with E-state index in [1.165, 1.54) is 186 Å². The number of carbonyl (C=O) groups excluding carboxylic acids is 1. The van der Waals surface area contributed by atoms with Crippen LogP contribution < -0.4 is 5.32 Å². The Morgan fingerprint density at radius 1 is 0.390 bits per heavy atom. The predicted octanol–water partition coefficient (Wildman–Crippen LogP) is 19.9. The van der Waals surface area contributed by atoms with Crippen molar-refractivity contribution in [2.24, 2.45) is 0 Å². The van der Waals surface area contributed by atoms with Gasteiger partial charge in [0, 0.05) is 6.42 Å². The zero-order valence-electron chi connectivity index (χ0n) is 51.9. The van der Waals surface area contributed by atoms with Gasteiger partial charge < -0.3 is 33.7 Å². The van der Waals surface area contributed by atoms with Gasteiger partial charge in [-0.3, -0.25) is 4.79 Å². The Bertz CT molecular complexity index is 2040. The summed E-state index contributed by atoms with van der Waals surface area (Å²) in [4.78, 5) is 13.9. The molecule has 1 amide bonds. The first-order valence-electron chi connectivity index (χ1n) is 33.8. The highest BCUT2D eigenvalue weighted by molar-refractivity contribution is 5.76. The Labute approximate surface area is 500 Å². The maximum absolute atomic E-state index is 13.9. The van der Waals surface area contributed by atoms with E-state index in [2.05, 4.69) is 67.7 Å². The topological polar surface area (TPSA) is 84.5 Å². The van der Waals surface area contributed by atoms with E-state index in [9.17, 15) is 4.79 Å². The molecule has 8 nitrogen and oxygen atoms in total. The zero-order valence-corrected chi connectivity index (χ0v) is 51.9. The molecule has 0 aromatic heterocycles. The molecule has 1 unspecified atom stereocenters. The molecule has 4 aromatic rings. The van der Waals surface area contributed by atoms with Crippen LogP contribution in [0.15, 0.2) is 121 Å². The first-order valence-corrected chi connectivity index (χ1v) is 33.8. The fraction of sp³-hybridized carbons (Fsp3) is 0.662. The van der Waals surface area contributed by atoms with Crippen LogP contribution in [0.4, 0.5) is 0 Å². The van der Waals surface area contributed by atoms with Gasteiger partial charge in [0.2, 0.25) is 5.91 Å². The molecule has 458 valence electrons. The summed E-state index contributed by atoms with van der Waals surface area (Å²) in [6, 6.07) is 40.8. The van der Waals surface area contributed by atoms with Gasteiger partial charge in [0.05, 0.1) is 45.7 Å². The number of unbranched alkanes of at least 4 members (excludes halogenated alkanes) is 31. The molecule has 6 atom stereocenters. The van der Waals surface area contributed by atoms with Crippen molar-refractivity contribution in [3.63, 3.8) is 0 Å². The number of hydrogen-bond donors (Lipinski definition) is 1. The van der Waals surface area contributed by atoms with Gasteiger partial charge >= 0.3 is 0 Å². The lowest BCUT2D eigenvalue weighted by atomic mass is 9.97. The van der Waals surface area contributed by atoms with E-state index in [1.54, 1.807) is 0 Å². The van der Waals surface area contributed by atoms with Gasteiger partial charge in [0.1, 0.15) is 24.4 Å². The Hall–Kier alpha value is -3.89. The zero-order chi connectivity index (χ0) is 57.4. The Morgan fingerprint density at radius 3 is 1.11 bits per heavy atom. The lowest BCUT2D eigenvalue weighted by Gasteiger charge is -2.46. The van der Waals surface area contributed by atoms with Crippen molar-refractivity contribution >= 4 is 5.91 Å². The van der Waals surface area contributed by atoms with Crippen LogP contribution in [0.1, 0.15) is 261 Å². The fourth-order valence-electron chi connectivity index (χ4n) is 11.5. The summed E-state index contributed by atoms with van der Waals surface area (Å²) in [6.07, 6.45) is 41.9. The number of hydrogen-bond acceptors (Lipinski definition) is 7. The largest absolute Gasteiger partial charge is 0.374 e. The smallest absolute Gasteiger partial charge is 0.220 e. The Balaban J connectivity index is 1.17. The van der Waals surface area contributed by atoms with Crippen molar-refractivity contribution in [2.45, 2.75) is 302 Å². The van der Waals surface area contributed by atoms with Crippen LogP contribution in [0, 0.1) is 0 Å². The summed E-state index contributed by atoms with van der Waals surface area (Å²) in [5.74, 6) is 0.109.